The van der Waals surface area contributed by atoms with Crippen molar-refractivity contribution in [3.63, 3.8) is 0 Å². The van der Waals surface area contributed by atoms with Crippen LogP contribution in [0.2, 0.25) is 0 Å². The van der Waals surface area contributed by atoms with Gasteiger partial charge in [0.1, 0.15) is 11.9 Å². The van der Waals surface area contributed by atoms with Crippen molar-refractivity contribution >= 4 is 17.5 Å². The van der Waals surface area contributed by atoms with Crippen LogP contribution < -0.4 is 16.0 Å². The third-order valence-corrected chi connectivity index (χ3v) is 4.36. The fourth-order valence-corrected chi connectivity index (χ4v) is 3.11. The molecule has 2 saturated heterocycles. The predicted molar refractivity (Wildman–Crippen MR) is 81.0 cm³/mol. The van der Waals surface area contributed by atoms with Crippen molar-refractivity contribution in [2.75, 3.05) is 18.4 Å². The quantitative estimate of drug-likeness (QED) is 0.740. The van der Waals surface area contributed by atoms with Crippen LogP contribution in [-0.4, -0.2) is 30.9 Å². The van der Waals surface area contributed by atoms with Gasteiger partial charge in [0.05, 0.1) is 0 Å². The monoisotopic (exact) mass is 305 g/mol. The zero-order valence-corrected chi connectivity index (χ0v) is 12.3. The summed E-state index contributed by atoms with van der Waals surface area (Å²) in [5.41, 5.74) is 1.32. The van der Waals surface area contributed by atoms with Crippen LogP contribution in [0.1, 0.15) is 37.2 Å². The largest absolute Gasteiger partial charge is 0.374 e. The Labute approximate surface area is 128 Å². The Morgan fingerprint density at radius 2 is 1.91 bits per heavy atom. The maximum Gasteiger partial charge on any atom is 0.249 e. The van der Waals surface area contributed by atoms with E-state index in [9.17, 15) is 14.0 Å². The van der Waals surface area contributed by atoms with Gasteiger partial charge < -0.3 is 10.6 Å². The Morgan fingerprint density at radius 1 is 1.14 bits per heavy atom. The van der Waals surface area contributed by atoms with Crippen LogP contribution in [0.25, 0.3) is 0 Å². The number of amides is 2. The van der Waals surface area contributed by atoms with E-state index < -0.39 is 6.04 Å². The third-order valence-electron chi connectivity index (χ3n) is 4.36. The first-order chi connectivity index (χ1) is 10.6. The Morgan fingerprint density at radius 3 is 2.59 bits per heavy atom. The van der Waals surface area contributed by atoms with Crippen molar-refractivity contribution in [3.8, 4) is 0 Å². The molecule has 118 valence electrons. The number of anilines is 1. The maximum absolute atomic E-state index is 14.3. The Kier molecular flexibility index (Phi) is 4.38. The first-order valence-electron chi connectivity index (χ1n) is 7.74. The molecule has 2 amide bonds. The Bertz CT molecular complexity index is 585. The second-order valence-corrected chi connectivity index (χ2v) is 5.91. The molecule has 0 bridgehead atoms. The molecule has 1 aromatic rings. The smallest absolute Gasteiger partial charge is 0.249 e. The van der Waals surface area contributed by atoms with E-state index >= 15 is 0 Å². The summed E-state index contributed by atoms with van der Waals surface area (Å²) in [6.45, 7) is 1.83. The second-order valence-electron chi connectivity index (χ2n) is 5.91. The van der Waals surface area contributed by atoms with Gasteiger partial charge in [0.15, 0.2) is 0 Å². The molecule has 0 saturated carbocycles. The normalized spacial score (nSPS) is 23.2. The van der Waals surface area contributed by atoms with Crippen LogP contribution in [0, 0.1) is 5.82 Å². The minimum Gasteiger partial charge on any atom is -0.374 e. The Hall–Kier alpha value is -1.95. The standard InChI is InChI=1S/C16H20FN3O2/c17-13-9-11(19-14-3-4-15(21)20-16(14)22)1-2-12(13)10-5-7-18-8-6-10/h1-2,9-10,14,18-19H,3-8H2,(H,20,21,22). The molecular formula is C16H20FN3O2. The third kappa shape index (κ3) is 3.27. The first kappa shape index (κ1) is 15.0. The van der Waals surface area contributed by atoms with Crippen LogP contribution >= 0.6 is 0 Å². The number of hydrogen-bond donors (Lipinski definition) is 3. The zero-order valence-electron chi connectivity index (χ0n) is 12.3. The fourth-order valence-electron chi connectivity index (χ4n) is 3.11. The molecule has 1 atom stereocenters. The van der Waals surface area contributed by atoms with Gasteiger partial charge in [-0.25, -0.2) is 4.39 Å². The molecule has 2 aliphatic rings. The van der Waals surface area contributed by atoms with Crippen LogP contribution in [0.5, 0.6) is 0 Å². The van der Waals surface area contributed by atoms with Crippen molar-refractivity contribution in [3.05, 3.63) is 29.6 Å². The van der Waals surface area contributed by atoms with Gasteiger partial charge in [-0.15, -0.1) is 0 Å². The van der Waals surface area contributed by atoms with E-state index in [1.54, 1.807) is 6.07 Å². The highest BCUT2D eigenvalue weighted by Crippen LogP contribution is 2.29. The molecule has 6 heteroatoms. The number of carbonyl (C=O) groups is 2. The number of piperidine rings is 2. The van der Waals surface area contributed by atoms with Crippen molar-refractivity contribution in [1.82, 2.24) is 10.6 Å². The molecule has 0 aromatic heterocycles. The summed E-state index contributed by atoms with van der Waals surface area (Å²) in [5, 5.41) is 8.56. The average molecular weight is 305 g/mol. The van der Waals surface area contributed by atoms with Crippen LogP contribution in [0.3, 0.4) is 0 Å². The minimum absolute atomic E-state index is 0.232. The number of benzene rings is 1. The molecule has 3 rings (SSSR count). The first-order valence-corrected chi connectivity index (χ1v) is 7.74. The molecule has 5 nitrogen and oxygen atoms in total. The molecular weight excluding hydrogens is 285 g/mol. The number of halogens is 1. The molecule has 2 fully saturated rings. The molecule has 0 aliphatic carbocycles. The number of imide groups is 1. The lowest BCUT2D eigenvalue weighted by atomic mass is 9.89. The molecule has 22 heavy (non-hydrogen) atoms. The second kappa shape index (κ2) is 6.44. The molecule has 2 heterocycles. The predicted octanol–water partition coefficient (Wildman–Crippen LogP) is 1.51. The summed E-state index contributed by atoms with van der Waals surface area (Å²) < 4.78 is 14.3. The SMILES string of the molecule is O=C1CCC(Nc2ccc(C3CCNCC3)c(F)c2)C(=O)N1. The van der Waals surface area contributed by atoms with Gasteiger partial charge in [0.25, 0.3) is 0 Å². The summed E-state index contributed by atoms with van der Waals surface area (Å²) >= 11 is 0. The number of nitrogens with one attached hydrogen (secondary N) is 3. The highest BCUT2D eigenvalue weighted by Gasteiger charge is 2.26. The summed E-state index contributed by atoms with van der Waals surface area (Å²) in [5.74, 6) is -0.579. The average Bonchev–Trinajstić information content (AvgIpc) is 2.51. The van der Waals surface area contributed by atoms with Gasteiger partial charge in [0.2, 0.25) is 11.8 Å². The number of carbonyl (C=O) groups excluding carboxylic acids is 2. The van der Waals surface area contributed by atoms with Gasteiger partial charge in [0, 0.05) is 12.1 Å². The minimum atomic E-state index is -0.484. The summed E-state index contributed by atoms with van der Waals surface area (Å²) in [7, 11) is 0. The highest BCUT2D eigenvalue weighted by atomic mass is 19.1. The van der Waals surface area contributed by atoms with E-state index in [2.05, 4.69) is 16.0 Å². The fraction of sp³-hybridized carbons (Fsp3) is 0.500. The van der Waals surface area contributed by atoms with E-state index in [1.807, 2.05) is 6.07 Å². The topological polar surface area (TPSA) is 70.2 Å². The molecule has 1 unspecified atom stereocenters. The zero-order chi connectivity index (χ0) is 15.5. The lowest BCUT2D eigenvalue weighted by molar-refractivity contribution is -0.133. The van der Waals surface area contributed by atoms with Crippen LogP contribution in [-0.2, 0) is 9.59 Å². The molecule has 0 spiro atoms. The summed E-state index contributed by atoms with van der Waals surface area (Å²) in [6.07, 6.45) is 2.62. The summed E-state index contributed by atoms with van der Waals surface area (Å²) in [6, 6.07) is 4.58. The summed E-state index contributed by atoms with van der Waals surface area (Å²) in [4.78, 5) is 22.8. The lowest BCUT2D eigenvalue weighted by Crippen LogP contribution is -2.47. The van der Waals surface area contributed by atoms with Gasteiger partial charge in [-0.1, -0.05) is 6.07 Å². The molecule has 0 radical (unpaired) electrons. The number of rotatable bonds is 3. The van der Waals surface area contributed by atoms with Crippen molar-refractivity contribution in [1.29, 1.82) is 0 Å². The lowest BCUT2D eigenvalue weighted by Gasteiger charge is -2.25. The Balaban J connectivity index is 1.69. The van der Waals surface area contributed by atoms with Gasteiger partial charge in [-0.05, 0) is 56.0 Å². The maximum atomic E-state index is 14.3. The van der Waals surface area contributed by atoms with Gasteiger partial charge in [-0.2, -0.15) is 0 Å². The van der Waals surface area contributed by atoms with E-state index in [-0.39, 0.29) is 23.5 Å². The van der Waals surface area contributed by atoms with E-state index in [0.29, 0.717) is 18.5 Å². The van der Waals surface area contributed by atoms with Gasteiger partial charge in [-0.3, -0.25) is 14.9 Å². The van der Waals surface area contributed by atoms with Crippen molar-refractivity contribution < 1.29 is 14.0 Å². The van der Waals surface area contributed by atoms with Crippen LogP contribution in [0.4, 0.5) is 10.1 Å². The van der Waals surface area contributed by atoms with Crippen LogP contribution in [0.15, 0.2) is 18.2 Å². The van der Waals surface area contributed by atoms with Crippen molar-refractivity contribution in [2.45, 2.75) is 37.6 Å². The molecule has 1 aromatic carbocycles. The van der Waals surface area contributed by atoms with Crippen molar-refractivity contribution in [2.24, 2.45) is 0 Å². The van der Waals surface area contributed by atoms with Gasteiger partial charge >= 0.3 is 0 Å². The molecule has 2 aliphatic heterocycles. The highest BCUT2D eigenvalue weighted by molar-refractivity contribution is 6.01. The van der Waals surface area contributed by atoms with E-state index in [4.69, 9.17) is 0 Å². The molecule has 3 N–H and O–H groups in total. The van der Waals surface area contributed by atoms with E-state index in [0.717, 1.165) is 31.5 Å². The number of hydrogen-bond acceptors (Lipinski definition) is 4. The van der Waals surface area contributed by atoms with E-state index in [1.165, 1.54) is 6.07 Å².